The molecule has 1 aliphatic rings. The Kier molecular flexibility index (Phi) is 6.55. The van der Waals surface area contributed by atoms with Gasteiger partial charge in [0, 0.05) is 49.5 Å². The lowest BCUT2D eigenvalue weighted by atomic mass is 10.2. The average Bonchev–Trinajstić information content (AvgIpc) is 3.09. The van der Waals surface area contributed by atoms with Gasteiger partial charge in [-0.25, -0.2) is 9.67 Å². The topological polar surface area (TPSA) is 42.1 Å². The van der Waals surface area contributed by atoms with Crippen molar-refractivity contribution in [1.29, 1.82) is 0 Å². The number of hydrogen-bond donors (Lipinski definition) is 0. The Balaban J connectivity index is 1.44. The summed E-state index contributed by atoms with van der Waals surface area (Å²) in [6.07, 6.45) is -3.50. The number of rotatable bonds is 5. The van der Waals surface area contributed by atoms with Crippen LogP contribution in [0.4, 0.5) is 19.0 Å². The van der Waals surface area contributed by atoms with E-state index >= 15 is 0 Å². The van der Waals surface area contributed by atoms with Gasteiger partial charge in [-0.2, -0.15) is 18.3 Å². The predicted molar refractivity (Wildman–Crippen MR) is 120 cm³/mol. The van der Waals surface area contributed by atoms with Crippen molar-refractivity contribution in [3.8, 4) is 11.4 Å². The monoisotopic (exact) mass is 482 g/mol. The van der Waals surface area contributed by atoms with Crippen LogP contribution in [-0.4, -0.2) is 50.4 Å². The van der Waals surface area contributed by atoms with Gasteiger partial charge in [0.05, 0.1) is 12.2 Å². The van der Waals surface area contributed by atoms with E-state index in [0.717, 1.165) is 36.7 Å². The largest absolute Gasteiger partial charge is 0.417 e. The van der Waals surface area contributed by atoms with Gasteiger partial charge in [-0.15, -0.1) is 0 Å². The molecular weight excluding hydrogens is 461 g/mol. The minimum absolute atomic E-state index is 0.535. The standard InChI is InChI=1S/C21H22ClF3N6S/c1-2-30-19(15-4-3-5-17(22)12-15)27-31(20(30)32)14-28-8-10-29(11-9-28)18-7-6-16(13-26-18)21(23,24)25/h3-7,12-13H,2,8-11,14H2,1H3. The predicted octanol–water partition coefficient (Wildman–Crippen LogP) is 4.95. The van der Waals surface area contributed by atoms with Gasteiger partial charge in [0.25, 0.3) is 0 Å². The highest BCUT2D eigenvalue weighted by atomic mass is 35.5. The van der Waals surface area contributed by atoms with Crippen LogP contribution in [0, 0.1) is 4.77 Å². The molecule has 0 unspecified atom stereocenters. The maximum absolute atomic E-state index is 12.8. The summed E-state index contributed by atoms with van der Waals surface area (Å²) < 4.78 is 42.7. The quantitative estimate of drug-likeness (QED) is 0.481. The lowest BCUT2D eigenvalue weighted by Gasteiger charge is -2.35. The molecule has 1 fully saturated rings. The number of nitrogens with zero attached hydrogens (tertiary/aromatic N) is 6. The van der Waals surface area contributed by atoms with Gasteiger partial charge in [0.1, 0.15) is 5.82 Å². The number of alkyl halides is 3. The third-order valence-electron chi connectivity index (χ3n) is 5.43. The van der Waals surface area contributed by atoms with Crippen LogP contribution in [-0.2, 0) is 19.4 Å². The highest BCUT2D eigenvalue weighted by molar-refractivity contribution is 7.71. The van der Waals surface area contributed by atoms with Crippen molar-refractivity contribution in [1.82, 2.24) is 24.2 Å². The van der Waals surface area contributed by atoms with Gasteiger partial charge in [-0.05, 0) is 43.4 Å². The second-order valence-electron chi connectivity index (χ2n) is 7.51. The summed E-state index contributed by atoms with van der Waals surface area (Å²) in [4.78, 5) is 8.20. The molecule has 0 amide bonds. The van der Waals surface area contributed by atoms with E-state index in [1.807, 2.05) is 40.7 Å². The van der Waals surface area contributed by atoms with Gasteiger partial charge in [0.15, 0.2) is 10.6 Å². The van der Waals surface area contributed by atoms with E-state index in [4.69, 9.17) is 28.9 Å². The van der Waals surface area contributed by atoms with Crippen LogP contribution in [0.15, 0.2) is 42.6 Å². The SMILES string of the molecule is CCn1c(-c2cccc(Cl)c2)nn(CN2CCN(c3ccc(C(F)(F)F)cn3)CC2)c1=S. The Morgan fingerprint density at radius 1 is 1.09 bits per heavy atom. The molecule has 11 heteroatoms. The fourth-order valence-electron chi connectivity index (χ4n) is 3.71. The first-order valence-corrected chi connectivity index (χ1v) is 11.0. The zero-order valence-corrected chi connectivity index (χ0v) is 19.0. The Morgan fingerprint density at radius 2 is 1.84 bits per heavy atom. The summed E-state index contributed by atoms with van der Waals surface area (Å²) in [5.41, 5.74) is 0.165. The summed E-state index contributed by atoms with van der Waals surface area (Å²) in [7, 11) is 0. The zero-order chi connectivity index (χ0) is 22.9. The number of benzene rings is 1. The lowest BCUT2D eigenvalue weighted by molar-refractivity contribution is -0.137. The van der Waals surface area contributed by atoms with Crippen molar-refractivity contribution in [3.05, 3.63) is 58.0 Å². The molecule has 0 saturated carbocycles. The van der Waals surface area contributed by atoms with E-state index in [0.29, 0.717) is 41.9 Å². The summed E-state index contributed by atoms with van der Waals surface area (Å²) in [6, 6.07) is 10.0. The van der Waals surface area contributed by atoms with Gasteiger partial charge in [-0.1, -0.05) is 23.7 Å². The summed E-state index contributed by atoms with van der Waals surface area (Å²) in [5.74, 6) is 1.32. The van der Waals surface area contributed by atoms with Crippen LogP contribution < -0.4 is 4.90 Å². The summed E-state index contributed by atoms with van der Waals surface area (Å²) in [6.45, 7) is 5.99. The fraction of sp³-hybridized carbons (Fsp3) is 0.381. The first-order valence-electron chi connectivity index (χ1n) is 10.2. The van der Waals surface area contributed by atoms with Gasteiger partial charge in [-0.3, -0.25) is 4.90 Å². The molecule has 1 aliphatic heterocycles. The second-order valence-corrected chi connectivity index (χ2v) is 8.31. The fourth-order valence-corrected chi connectivity index (χ4v) is 4.21. The second kappa shape index (κ2) is 9.21. The van der Waals surface area contributed by atoms with Crippen molar-refractivity contribution in [2.75, 3.05) is 31.1 Å². The van der Waals surface area contributed by atoms with Crippen LogP contribution in [0.1, 0.15) is 12.5 Å². The van der Waals surface area contributed by atoms with Crippen LogP contribution in [0.3, 0.4) is 0 Å². The molecule has 32 heavy (non-hydrogen) atoms. The van der Waals surface area contributed by atoms with Crippen molar-refractivity contribution in [2.45, 2.75) is 26.3 Å². The first kappa shape index (κ1) is 22.8. The molecule has 0 bridgehead atoms. The number of anilines is 1. The number of hydrogen-bond acceptors (Lipinski definition) is 5. The Bertz CT molecular complexity index is 1130. The lowest BCUT2D eigenvalue weighted by Crippen LogP contribution is -2.47. The molecule has 1 aromatic carbocycles. The summed E-state index contributed by atoms with van der Waals surface area (Å²) in [5, 5.41) is 5.38. The van der Waals surface area contributed by atoms with E-state index in [1.165, 1.54) is 6.07 Å². The maximum atomic E-state index is 12.8. The Hall–Kier alpha value is -2.43. The van der Waals surface area contributed by atoms with Crippen LogP contribution >= 0.6 is 23.8 Å². The van der Waals surface area contributed by atoms with Gasteiger partial charge >= 0.3 is 6.18 Å². The number of aromatic nitrogens is 4. The molecule has 0 spiro atoms. The molecule has 0 aliphatic carbocycles. The van der Waals surface area contributed by atoms with Crippen LogP contribution in [0.5, 0.6) is 0 Å². The molecule has 4 rings (SSSR count). The number of halogens is 4. The molecule has 0 atom stereocenters. The smallest absolute Gasteiger partial charge is 0.354 e. The minimum atomic E-state index is -4.38. The molecule has 0 radical (unpaired) electrons. The average molecular weight is 483 g/mol. The molecule has 3 aromatic rings. The first-order chi connectivity index (χ1) is 15.3. The van der Waals surface area contributed by atoms with E-state index < -0.39 is 11.7 Å². The normalized spacial score (nSPS) is 15.3. The van der Waals surface area contributed by atoms with E-state index in [9.17, 15) is 13.2 Å². The Labute approximate surface area is 193 Å². The summed E-state index contributed by atoms with van der Waals surface area (Å²) >= 11 is 11.8. The van der Waals surface area contributed by atoms with Crippen molar-refractivity contribution in [3.63, 3.8) is 0 Å². The highest BCUT2D eigenvalue weighted by Crippen LogP contribution is 2.29. The third kappa shape index (κ3) is 4.82. The molecule has 3 heterocycles. The minimum Gasteiger partial charge on any atom is -0.354 e. The molecule has 0 N–H and O–H groups in total. The van der Waals surface area contributed by atoms with Crippen LogP contribution in [0.2, 0.25) is 5.02 Å². The van der Waals surface area contributed by atoms with E-state index in [-0.39, 0.29) is 0 Å². The molecule has 170 valence electrons. The highest BCUT2D eigenvalue weighted by Gasteiger charge is 2.31. The van der Waals surface area contributed by atoms with Gasteiger partial charge in [0.2, 0.25) is 0 Å². The van der Waals surface area contributed by atoms with Crippen molar-refractivity contribution >= 4 is 29.6 Å². The van der Waals surface area contributed by atoms with Crippen molar-refractivity contribution in [2.24, 2.45) is 0 Å². The molecular formula is C21H22ClF3N6S. The van der Waals surface area contributed by atoms with Crippen molar-refractivity contribution < 1.29 is 13.2 Å². The molecule has 1 saturated heterocycles. The Morgan fingerprint density at radius 3 is 2.44 bits per heavy atom. The molecule has 6 nitrogen and oxygen atoms in total. The number of pyridine rings is 1. The molecule has 2 aromatic heterocycles. The zero-order valence-electron chi connectivity index (χ0n) is 17.4. The maximum Gasteiger partial charge on any atom is 0.417 e. The van der Waals surface area contributed by atoms with Gasteiger partial charge < -0.3 is 9.47 Å². The van der Waals surface area contributed by atoms with Crippen LogP contribution in [0.25, 0.3) is 11.4 Å². The number of piperazine rings is 1. The van der Waals surface area contributed by atoms with E-state index in [1.54, 1.807) is 4.68 Å². The third-order valence-corrected chi connectivity index (χ3v) is 6.09. The van der Waals surface area contributed by atoms with E-state index in [2.05, 4.69) is 9.88 Å².